The van der Waals surface area contributed by atoms with E-state index in [1.54, 1.807) is 0 Å². The van der Waals surface area contributed by atoms with Crippen molar-refractivity contribution in [3.8, 4) is 67.5 Å². The van der Waals surface area contributed by atoms with Crippen LogP contribution in [-0.4, -0.2) is 0 Å². The van der Waals surface area contributed by atoms with Gasteiger partial charge in [-0.1, -0.05) is 121 Å². The highest BCUT2D eigenvalue weighted by Crippen LogP contribution is 2.50. The van der Waals surface area contributed by atoms with Gasteiger partial charge >= 0.3 is 0 Å². The van der Waals surface area contributed by atoms with Gasteiger partial charge in [-0.2, -0.15) is 0 Å². The van der Waals surface area contributed by atoms with E-state index in [9.17, 15) is 0 Å². The van der Waals surface area contributed by atoms with E-state index in [1.807, 2.05) is 48.5 Å². The first-order valence-electron chi connectivity index (χ1n) is 12.8. The van der Waals surface area contributed by atoms with E-state index < -0.39 is 0 Å². The highest BCUT2D eigenvalue weighted by molar-refractivity contribution is 5.88. The lowest BCUT2D eigenvalue weighted by atomic mass is 9.95. The summed E-state index contributed by atoms with van der Waals surface area (Å²) >= 11 is 0. The number of para-hydroxylation sites is 3. The number of fused-ring (bicyclic) bond motifs is 6. The van der Waals surface area contributed by atoms with Gasteiger partial charge in [-0.15, -0.1) is 0 Å². The van der Waals surface area contributed by atoms with Crippen molar-refractivity contribution in [1.29, 1.82) is 0 Å². The quantitative estimate of drug-likeness (QED) is 0.241. The molecule has 180 valence electrons. The van der Waals surface area contributed by atoms with Crippen LogP contribution in [0.3, 0.4) is 0 Å². The van der Waals surface area contributed by atoms with Gasteiger partial charge in [-0.05, 0) is 41.0 Å². The first kappa shape index (κ1) is 22.1. The maximum absolute atomic E-state index is 7.02. The molecule has 2 heteroatoms. The van der Waals surface area contributed by atoms with Crippen molar-refractivity contribution < 1.29 is 9.47 Å². The van der Waals surface area contributed by atoms with Crippen LogP contribution in [0.5, 0.6) is 23.0 Å². The van der Waals surface area contributed by atoms with Gasteiger partial charge in [0.25, 0.3) is 0 Å². The maximum Gasteiger partial charge on any atom is 0.143 e. The molecule has 0 saturated carbocycles. The third kappa shape index (κ3) is 3.93. The summed E-state index contributed by atoms with van der Waals surface area (Å²) in [5, 5.41) is 0. The highest BCUT2D eigenvalue weighted by Gasteiger charge is 2.22. The Kier molecular flexibility index (Phi) is 5.49. The molecule has 7 rings (SSSR count). The van der Waals surface area contributed by atoms with Gasteiger partial charge in [-0.3, -0.25) is 0 Å². The van der Waals surface area contributed by atoms with Crippen molar-refractivity contribution >= 4 is 0 Å². The van der Waals surface area contributed by atoms with Crippen LogP contribution in [0.25, 0.3) is 44.5 Å². The molecular weight excluding hydrogens is 464 g/mol. The first-order chi connectivity index (χ1) is 18.8. The van der Waals surface area contributed by atoms with Crippen LogP contribution >= 0.6 is 0 Å². The van der Waals surface area contributed by atoms with E-state index in [0.717, 1.165) is 67.5 Å². The molecule has 0 radical (unpaired) electrons. The molecule has 0 bridgehead atoms. The zero-order valence-corrected chi connectivity index (χ0v) is 20.7. The van der Waals surface area contributed by atoms with E-state index in [-0.39, 0.29) is 0 Å². The molecule has 0 aromatic heterocycles. The fourth-order valence-electron chi connectivity index (χ4n) is 5.13. The lowest BCUT2D eigenvalue weighted by Crippen LogP contribution is -1.99. The summed E-state index contributed by atoms with van der Waals surface area (Å²) in [5.74, 6) is 3.17. The second-order valence-electron chi connectivity index (χ2n) is 9.32. The van der Waals surface area contributed by atoms with E-state index in [2.05, 4.69) is 97.1 Å². The van der Waals surface area contributed by atoms with Gasteiger partial charge < -0.3 is 9.47 Å². The minimum absolute atomic E-state index is 0.784. The molecule has 38 heavy (non-hydrogen) atoms. The molecule has 1 heterocycles. The fraction of sp³-hybridized carbons (Fsp3) is 0. The number of hydrogen-bond acceptors (Lipinski definition) is 2. The summed E-state index contributed by atoms with van der Waals surface area (Å²) < 4.78 is 13.7. The van der Waals surface area contributed by atoms with Crippen molar-refractivity contribution in [2.75, 3.05) is 0 Å². The topological polar surface area (TPSA) is 18.5 Å². The Morgan fingerprint density at radius 1 is 0.289 bits per heavy atom. The van der Waals surface area contributed by atoms with Crippen molar-refractivity contribution in [2.45, 2.75) is 0 Å². The lowest BCUT2D eigenvalue weighted by molar-refractivity contribution is 0.473. The van der Waals surface area contributed by atoms with Crippen LogP contribution in [0.4, 0.5) is 0 Å². The fourth-order valence-corrected chi connectivity index (χ4v) is 5.13. The minimum Gasteiger partial charge on any atom is -0.456 e. The standard InChI is InChI=1S/C36H24O2/c1-3-12-25(13-4-1)27-22-23-31-29-16-7-9-20-33(29)37-34-21-10-8-17-30(34)32-19-11-18-28(26-14-5-2-6-15-26)36(32)38-35(31)24-27/h1-24H. The Bertz CT molecular complexity index is 1750. The molecule has 0 spiro atoms. The third-order valence-electron chi connectivity index (χ3n) is 6.97. The molecule has 0 fully saturated rings. The lowest BCUT2D eigenvalue weighted by Gasteiger charge is -2.23. The normalized spacial score (nSPS) is 11.6. The van der Waals surface area contributed by atoms with Gasteiger partial charge in [0.15, 0.2) is 0 Å². The second kappa shape index (κ2) is 9.42. The molecule has 0 unspecified atom stereocenters. The van der Waals surface area contributed by atoms with E-state index >= 15 is 0 Å². The van der Waals surface area contributed by atoms with Gasteiger partial charge in [0.1, 0.15) is 23.0 Å². The summed E-state index contributed by atoms with van der Waals surface area (Å²) in [4.78, 5) is 0. The first-order valence-corrected chi connectivity index (χ1v) is 12.8. The highest BCUT2D eigenvalue weighted by atomic mass is 16.5. The van der Waals surface area contributed by atoms with Crippen LogP contribution in [0.2, 0.25) is 0 Å². The van der Waals surface area contributed by atoms with Crippen LogP contribution in [0.1, 0.15) is 0 Å². The van der Waals surface area contributed by atoms with Crippen LogP contribution in [-0.2, 0) is 0 Å². The minimum atomic E-state index is 0.784. The maximum atomic E-state index is 7.02. The number of hydrogen-bond donors (Lipinski definition) is 0. The summed E-state index contributed by atoms with van der Waals surface area (Å²) in [5.41, 5.74) is 8.30. The van der Waals surface area contributed by atoms with Crippen LogP contribution in [0.15, 0.2) is 146 Å². The smallest absolute Gasteiger partial charge is 0.143 e. The SMILES string of the molecule is c1ccc(-c2ccc3c(c2)Oc2c(-c4ccccc4)cccc2-c2ccccc2Oc2ccccc2-3)cc1. The van der Waals surface area contributed by atoms with E-state index in [1.165, 1.54) is 0 Å². The largest absolute Gasteiger partial charge is 0.456 e. The molecule has 0 aliphatic carbocycles. The van der Waals surface area contributed by atoms with Gasteiger partial charge in [0.05, 0.1) is 0 Å². The van der Waals surface area contributed by atoms with Crippen LogP contribution < -0.4 is 9.47 Å². The molecule has 6 aromatic rings. The van der Waals surface area contributed by atoms with Crippen molar-refractivity contribution in [1.82, 2.24) is 0 Å². The molecule has 6 aromatic carbocycles. The van der Waals surface area contributed by atoms with Gasteiger partial charge in [0, 0.05) is 27.8 Å². The van der Waals surface area contributed by atoms with Crippen molar-refractivity contribution in [2.24, 2.45) is 0 Å². The second-order valence-corrected chi connectivity index (χ2v) is 9.32. The molecule has 2 nitrogen and oxygen atoms in total. The van der Waals surface area contributed by atoms with Crippen molar-refractivity contribution in [3.05, 3.63) is 146 Å². The molecule has 1 aliphatic heterocycles. The molecule has 0 saturated heterocycles. The summed E-state index contributed by atoms with van der Waals surface area (Å²) in [6.07, 6.45) is 0. The summed E-state index contributed by atoms with van der Waals surface area (Å²) in [6, 6.07) is 49.9. The average molecular weight is 489 g/mol. The zero-order valence-electron chi connectivity index (χ0n) is 20.7. The van der Waals surface area contributed by atoms with Gasteiger partial charge in [0.2, 0.25) is 0 Å². The third-order valence-corrected chi connectivity index (χ3v) is 6.97. The molecular formula is C36H24O2. The Balaban J connectivity index is 1.53. The average Bonchev–Trinajstić information content (AvgIpc) is 2.99. The molecule has 1 aliphatic rings. The Morgan fingerprint density at radius 3 is 1.53 bits per heavy atom. The van der Waals surface area contributed by atoms with E-state index in [0.29, 0.717) is 0 Å². The van der Waals surface area contributed by atoms with Crippen LogP contribution in [0, 0.1) is 0 Å². The summed E-state index contributed by atoms with van der Waals surface area (Å²) in [6.45, 7) is 0. The number of rotatable bonds is 2. The summed E-state index contributed by atoms with van der Waals surface area (Å²) in [7, 11) is 0. The molecule has 0 amide bonds. The Labute approximate surface area is 222 Å². The molecule has 0 N–H and O–H groups in total. The van der Waals surface area contributed by atoms with E-state index in [4.69, 9.17) is 9.47 Å². The Morgan fingerprint density at radius 2 is 0.816 bits per heavy atom. The predicted molar refractivity (Wildman–Crippen MR) is 155 cm³/mol. The van der Waals surface area contributed by atoms with Crippen molar-refractivity contribution in [3.63, 3.8) is 0 Å². The predicted octanol–water partition coefficient (Wildman–Crippen LogP) is 10.3. The van der Waals surface area contributed by atoms with Gasteiger partial charge in [-0.25, -0.2) is 0 Å². The number of benzene rings is 6. The number of ether oxygens (including phenoxy) is 2. The Hall–Kier alpha value is -5.08. The molecule has 0 atom stereocenters. The monoisotopic (exact) mass is 488 g/mol. The zero-order chi connectivity index (χ0) is 25.3.